The number of carboxylic acids is 1. The van der Waals surface area contributed by atoms with Crippen LogP contribution in [0.25, 0.3) is 0 Å². The molecule has 2 bridgehead atoms. The number of aliphatic carboxylic acids is 1. The maximum Gasteiger partial charge on any atom is 0.414 e. The smallest absolute Gasteiger partial charge is 0.414 e. The normalized spacial score (nSPS) is 27.5. The van der Waals surface area contributed by atoms with Crippen molar-refractivity contribution in [3.63, 3.8) is 0 Å². The van der Waals surface area contributed by atoms with E-state index in [0.29, 0.717) is 43.9 Å². The number of nitrogens with two attached hydrogens (primary N) is 1. The van der Waals surface area contributed by atoms with Gasteiger partial charge in [-0.1, -0.05) is 6.07 Å². The van der Waals surface area contributed by atoms with Gasteiger partial charge in [0.1, 0.15) is 18.2 Å². The van der Waals surface area contributed by atoms with Crippen molar-refractivity contribution < 1.29 is 44.0 Å². The fourth-order valence-corrected chi connectivity index (χ4v) is 8.05. The van der Waals surface area contributed by atoms with Gasteiger partial charge in [0.05, 0.1) is 11.0 Å². The number of ether oxygens (including phenoxy) is 2. The molecule has 2 aliphatic heterocycles. The fraction of sp³-hybridized carbons (Fsp3) is 0.636. The van der Waals surface area contributed by atoms with Crippen LogP contribution < -0.4 is 21.1 Å². The molecule has 7 N–H and O–H groups in total. The molecule has 5 atom stereocenters. The van der Waals surface area contributed by atoms with Crippen LogP contribution in [0.3, 0.4) is 0 Å². The molecule has 2 heterocycles. The molecule has 14 heteroatoms. The van der Waals surface area contributed by atoms with Crippen molar-refractivity contribution in [1.29, 1.82) is 0 Å². The zero-order chi connectivity index (χ0) is 33.5. The predicted octanol–water partition coefficient (Wildman–Crippen LogP) is 0.723. The number of carbonyl (C=O) groups is 4. The van der Waals surface area contributed by atoms with Gasteiger partial charge in [0.2, 0.25) is 11.8 Å². The summed E-state index contributed by atoms with van der Waals surface area (Å²) in [7, 11) is 1.53. The summed E-state index contributed by atoms with van der Waals surface area (Å²) in [5, 5.41) is 37.4. The molecule has 0 aromatic heterocycles. The Morgan fingerprint density at radius 1 is 1.23 bits per heavy atom. The number of nitrogens with zero attached hydrogens (tertiary/aromatic N) is 2. The number of phenolic OH excluding ortho intramolecular Hbond substituents is 1. The van der Waals surface area contributed by atoms with E-state index in [0.717, 1.165) is 24.2 Å². The summed E-state index contributed by atoms with van der Waals surface area (Å²) in [6, 6.07) is 2.49. The first-order chi connectivity index (χ1) is 22.5. The van der Waals surface area contributed by atoms with Crippen molar-refractivity contribution in [1.82, 2.24) is 20.4 Å². The van der Waals surface area contributed by atoms with Crippen molar-refractivity contribution >= 4 is 23.9 Å². The number of nitrogens with one attached hydrogen (secondary N) is 2. The van der Waals surface area contributed by atoms with Gasteiger partial charge in [-0.2, -0.15) is 0 Å². The van der Waals surface area contributed by atoms with Crippen molar-refractivity contribution in [2.75, 3.05) is 39.8 Å². The van der Waals surface area contributed by atoms with Crippen molar-refractivity contribution in [2.24, 2.45) is 11.7 Å². The quantitative estimate of drug-likeness (QED) is 0.122. The Kier molecular flexibility index (Phi) is 9.11. The number of rotatable bonds is 14. The minimum absolute atomic E-state index is 0.00671. The Morgan fingerprint density at radius 2 is 2.02 bits per heavy atom. The highest BCUT2D eigenvalue weighted by molar-refractivity contribution is 5.96. The zero-order valence-electron chi connectivity index (χ0n) is 26.7. The molecule has 5 aliphatic rings. The number of carbonyl (C=O) groups excluding carboxylic acids is 3. The summed E-state index contributed by atoms with van der Waals surface area (Å²) in [6.45, 7) is 2.27. The summed E-state index contributed by atoms with van der Waals surface area (Å²) in [5.74, 6) is -1.28. The van der Waals surface area contributed by atoms with Crippen molar-refractivity contribution in [3.8, 4) is 11.5 Å². The van der Waals surface area contributed by atoms with E-state index in [4.69, 9.17) is 20.3 Å². The van der Waals surface area contributed by atoms with E-state index in [1.807, 2.05) is 6.07 Å². The number of likely N-dealkylation sites (tertiary alicyclic amines) is 1. The molecule has 1 aromatic rings. The van der Waals surface area contributed by atoms with E-state index in [1.165, 1.54) is 24.8 Å². The Labute approximate surface area is 273 Å². The van der Waals surface area contributed by atoms with E-state index in [9.17, 15) is 29.4 Å². The number of hydrogen-bond donors (Lipinski definition) is 6. The van der Waals surface area contributed by atoms with Gasteiger partial charge in [-0.3, -0.25) is 19.3 Å². The third kappa shape index (κ3) is 6.02. The highest BCUT2D eigenvalue weighted by Gasteiger charge is 2.72. The molecule has 1 spiro atoms. The molecule has 1 saturated heterocycles. The van der Waals surface area contributed by atoms with Crippen LogP contribution in [-0.4, -0.2) is 113 Å². The predicted molar refractivity (Wildman–Crippen MR) is 167 cm³/mol. The molecule has 47 heavy (non-hydrogen) atoms. The molecule has 1 aromatic carbocycles. The molecular formula is C33H45N5O9. The first-order valence-electron chi connectivity index (χ1n) is 16.6. The van der Waals surface area contributed by atoms with Crippen LogP contribution >= 0.6 is 0 Å². The van der Waals surface area contributed by atoms with Crippen LogP contribution in [0.2, 0.25) is 0 Å². The second-order valence-corrected chi connectivity index (χ2v) is 13.6. The number of piperidine rings is 1. The van der Waals surface area contributed by atoms with E-state index in [-0.39, 0.29) is 43.5 Å². The molecule has 3 amide bonds. The van der Waals surface area contributed by atoms with Gasteiger partial charge in [0.15, 0.2) is 17.6 Å². The van der Waals surface area contributed by atoms with Crippen LogP contribution in [0.5, 0.6) is 11.5 Å². The van der Waals surface area contributed by atoms with Crippen molar-refractivity contribution in [2.45, 2.75) is 87.0 Å². The number of aromatic hydroxyl groups is 1. The molecular weight excluding hydrogens is 610 g/mol. The van der Waals surface area contributed by atoms with E-state index < -0.39 is 53.5 Å². The lowest BCUT2D eigenvalue weighted by Gasteiger charge is -2.62. The monoisotopic (exact) mass is 655 g/mol. The number of benzene rings is 1. The molecule has 2 fully saturated rings. The topological polar surface area (TPSA) is 204 Å². The minimum Gasteiger partial charge on any atom is -0.504 e. The summed E-state index contributed by atoms with van der Waals surface area (Å²) >= 11 is 0. The van der Waals surface area contributed by atoms with Crippen LogP contribution in [-0.2, 0) is 31.0 Å². The summed E-state index contributed by atoms with van der Waals surface area (Å²) in [5.41, 5.74) is 5.36. The molecule has 0 radical (unpaired) electrons. The van der Waals surface area contributed by atoms with Gasteiger partial charge in [-0.15, -0.1) is 0 Å². The fourth-order valence-electron chi connectivity index (χ4n) is 8.05. The third-order valence-electron chi connectivity index (χ3n) is 10.6. The van der Waals surface area contributed by atoms with Crippen LogP contribution in [0.4, 0.5) is 4.79 Å². The van der Waals surface area contributed by atoms with Gasteiger partial charge in [0, 0.05) is 44.7 Å². The van der Waals surface area contributed by atoms with Crippen molar-refractivity contribution in [3.05, 3.63) is 35.1 Å². The Morgan fingerprint density at radius 3 is 2.74 bits per heavy atom. The van der Waals surface area contributed by atoms with Crippen LogP contribution in [0.1, 0.15) is 62.5 Å². The van der Waals surface area contributed by atoms with Gasteiger partial charge in [-0.25, -0.2) is 4.79 Å². The largest absolute Gasteiger partial charge is 0.504 e. The standard InChI is InChI=1S/C33H45N5O9/c1-37(15-13-35-30(43)21(4-2-3-12-34)36-25(40)17-26(41)42)31(44)46-23-9-10-33(45)24-16-20-7-8-22(39)28-27(20)32(33,29(23)47-28)11-14-38(24)18-19-5-6-19/h7-9,19,21,24,29,39,45H,2-6,10-18,34H2,1H3,(H,35,43)(H,36,40)(H,41,42)/t21-,24?,29+,32?,33-/m1/s1. The molecule has 14 nitrogen and oxygen atoms in total. The number of likely N-dealkylation sites (N-methyl/N-ethyl adjacent to an activating group) is 1. The SMILES string of the molecule is CN(CCNC(=O)[C@@H](CCCCN)NC(=O)CC(=O)O)C(=O)OC1=CC[C@@]2(O)C3Cc4ccc(O)c5c4C2(CCN3CC2CC2)[C@H]1O5. The number of carboxylic acid groups (broad SMARTS) is 1. The molecule has 3 aliphatic carbocycles. The average molecular weight is 656 g/mol. The Hall–Kier alpha value is -3.88. The zero-order valence-corrected chi connectivity index (χ0v) is 26.7. The maximum absolute atomic E-state index is 13.3. The summed E-state index contributed by atoms with van der Waals surface area (Å²) in [4.78, 5) is 52.8. The molecule has 2 unspecified atom stereocenters. The van der Waals surface area contributed by atoms with Gasteiger partial charge >= 0.3 is 12.1 Å². The van der Waals surface area contributed by atoms with Gasteiger partial charge in [0.25, 0.3) is 0 Å². The minimum atomic E-state index is -1.30. The highest BCUT2D eigenvalue weighted by Crippen LogP contribution is 2.65. The van der Waals surface area contributed by atoms with E-state index >= 15 is 0 Å². The lowest BCUT2D eigenvalue weighted by atomic mass is 9.50. The molecule has 1 saturated carbocycles. The maximum atomic E-state index is 13.3. The number of amides is 3. The van der Waals surface area contributed by atoms with Crippen LogP contribution in [0.15, 0.2) is 24.0 Å². The van der Waals surface area contributed by atoms with Gasteiger partial charge < -0.3 is 46.1 Å². The summed E-state index contributed by atoms with van der Waals surface area (Å²) in [6.07, 6.45) is 4.94. The van der Waals surface area contributed by atoms with Gasteiger partial charge in [-0.05, 0) is 81.7 Å². The number of hydrogen-bond acceptors (Lipinski definition) is 10. The first-order valence-corrected chi connectivity index (χ1v) is 16.6. The first kappa shape index (κ1) is 33.0. The Bertz CT molecular complexity index is 1460. The lowest BCUT2D eigenvalue weighted by Crippen LogP contribution is -2.75. The second-order valence-electron chi connectivity index (χ2n) is 13.6. The molecule has 6 rings (SSSR count). The number of aliphatic hydroxyl groups is 1. The van der Waals surface area contributed by atoms with E-state index in [2.05, 4.69) is 15.5 Å². The van der Waals surface area contributed by atoms with E-state index in [1.54, 1.807) is 12.1 Å². The highest BCUT2D eigenvalue weighted by atomic mass is 16.6. The average Bonchev–Trinajstić information content (AvgIpc) is 3.76. The Balaban J connectivity index is 1.12. The third-order valence-corrected chi connectivity index (χ3v) is 10.6. The molecule has 256 valence electrons. The number of unbranched alkanes of at least 4 members (excludes halogenated alkanes) is 1. The van der Waals surface area contributed by atoms with Crippen LogP contribution in [0, 0.1) is 5.92 Å². The lowest BCUT2D eigenvalue weighted by molar-refractivity contribution is -0.169. The summed E-state index contributed by atoms with van der Waals surface area (Å²) < 4.78 is 12.3. The second kappa shape index (κ2) is 13.0. The number of phenols is 1.